The highest BCUT2D eigenvalue weighted by Crippen LogP contribution is 2.14. The van der Waals surface area contributed by atoms with E-state index in [2.05, 4.69) is 20.7 Å². The van der Waals surface area contributed by atoms with Crippen LogP contribution in [0.3, 0.4) is 0 Å². The van der Waals surface area contributed by atoms with Crippen LogP contribution >= 0.6 is 0 Å². The van der Waals surface area contributed by atoms with Crippen LogP contribution in [0.5, 0.6) is 0 Å². The lowest BCUT2D eigenvalue weighted by molar-refractivity contribution is 0.102. The molecule has 6 heteroatoms. The Bertz CT molecular complexity index is 534. The molecule has 2 rings (SSSR count). The van der Waals surface area contributed by atoms with Crippen LogP contribution in [0.4, 0.5) is 11.4 Å². The fraction of sp³-hybridized carbons (Fsp3) is 0.182. The number of nitrogens with zero attached hydrogens (tertiary/aromatic N) is 3. The van der Waals surface area contributed by atoms with Crippen LogP contribution in [0, 0.1) is 0 Å². The van der Waals surface area contributed by atoms with E-state index < -0.39 is 0 Å². The highest BCUT2D eigenvalue weighted by molar-refractivity contribution is 6.07. The van der Waals surface area contributed by atoms with Gasteiger partial charge in [-0.1, -0.05) is 0 Å². The minimum absolute atomic E-state index is 0.213. The predicted octanol–water partition coefficient (Wildman–Crippen LogP) is 1.11. The Morgan fingerprint density at radius 1 is 1.41 bits per heavy atom. The zero-order chi connectivity index (χ0) is 12.3. The van der Waals surface area contributed by atoms with E-state index in [0.29, 0.717) is 11.3 Å². The summed E-state index contributed by atoms with van der Waals surface area (Å²) >= 11 is 0. The quantitative estimate of drug-likeness (QED) is 0.830. The van der Waals surface area contributed by atoms with E-state index in [1.165, 1.54) is 6.20 Å². The zero-order valence-corrected chi connectivity index (χ0v) is 9.64. The predicted molar refractivity (Wildman–Crippen MR) is 64.9 cm³/mol. The third-order valence-electron chi connectivity index (χ3n) is 2.30. The van der Waals surface area contributed by atoms with E-state index in [4.69, 9.17) is 0 Å². The first-order chi connectivity index (χ1) is 8.20. The smallest absolute Gasteiger partial charge is 0.259 e. The zero-order valence-electron chi connectivity index (χ0n) is 9.64. The molecule has 2 N–H and O–H groups in total. The van der Waals surface area contributed by atoms with Gasteiger partial charge in [0.15, 0.2) is 0 Å². The first-order valence-corrected chi connectivity index (χ1v) is 5.12. The molecule has 1 amide bonds. The number of aromatic nitrogens is 3. The van der Waals surface area contributed by atoms with Gasteiger partial charge in [0.25, 0.3) is 5.91 Å². The Morgan fingerprint density at radius 3 is 2.88 bits per heavy atom. The highest BCUT2D eigenvalue weighted by atomic mass is 16.1. The summed E-state index contributed by atoms with van der Waals surface area (Å²) in [5.41, 5.74) is 1.89. The molecule has 2 aromatic rings. The summed E-state index contributed by atoms with van der Waals surface area (Å²) < 4.78 is 1.62. The van der Waals surface area contributed by atoms with Crippen molar-refractivity contribution in [2.45, 2.75) is 0 Å². The molecule has 6 nitrogen and oxygen atoms in total. The topological polar surface area (TPSA) is 71.8 Å². The number of rotatable bonds is 3. The molecule has 2 aromatic heterocycles. The van der Waals surface area contributed by atoms with Crippen LogP contribution < -0.4 is 10.6 Å². The fourth-order valence-corrected chi connectivity index (χ4v) is 1.48. The van der Waals surface area contributed by atoms with Gasteiger partial charge in [0.1, 0.15) is 0 Å². The Morgan fingerprint density at radius 2 is 2.24 bits per heavy atom. The van der Waals surface area contributed by atoms with Gasteiger partial charge >= 0.3 is 0 Å². The third-order valence-corrected chi connectivity index (χ3v) is 2.30. The minimum Gasteiger partial charge on any atom is -0.387 e. The van der Waals surface area contributed by atoms with Crippen LogP contribution in [-0.4, -0.2) is 27.7 Å². The van der Waals surface area contributed by atoms with E-state index >= 15 is 0 Å². The van der Waals surface area contributed by atoms with Gasteiger partial charge in [-0.05, 0) is 6.07 Å². The van der Waals surface area contributed by atoms with Crippen molar-refractivity contribution in [3.8, 4) is 0 Å². The first-order valence-electron chi connectivity index (χ1n) is 5.12. The van der Waals surface area contributed by atoms with E-state index in [0.717, 1.165) is 5.69 Å². The van der Waals surface area contributed by atoms with Crippen molar-refractivity contribution in [1.29, 1.82) is 0 Å². The Hall–Kier alpha value is -2.37. The largest absolute Gasteiger partial charge is 0.387 e. The van der Waals surface area contributed by atoms with Crippen molar-refractivity contribution < 1.29 is 4.79 Å². The number of amides is 1. The number of nitrogens with one attached hydrogen (secondary N) is 2. The Balaban J connectivity index is 2.20. The first kappa shape index (κ1) is 11.1. The van der Waals surface area contributed by atoms with Gasteiger partial charge in [0.2, 0.25) is 0 Å². The fourth-order valence-electron chi connectivity index (χ4n) is 1.48. The molecule has 0 saturated heterocycles. The number of carbonyl (C=O) groups excluding carboxylic acids is 1. The van der Waals surface area contributed by atoms with Crippen molar-refractivity contribution in [1.82, 2.24) is 14.8 Å². The maximum atomic E-state index is 12.0. The van der Waals surface area contributed by atoms with Gasteiger partial charge in [0.05, 0.1) is 17.4 Å². The monoisotopic (exact) mass is 231 g/mol. The second kappa shape index (κ2) is 4.65. The van der Waals surface area contributed by atoms with Crippen molar-refractivity contribution in [2.75, 3.05) is 17.7 Å². The van der Waals surface area contributed by atoms with E-state index in [-0.39, 0.29) is 5.91 Å². The van der Waals surface area contributed by atoms with E-state index in [1.807, 2.05) is 0 Å². The summed E-state index contributed by atoms with van der Waals surface area (Å²) in [4.78, 5) is 15.9. The van der Waals surface area contributed by atoms with Crippen LogP contribution in [-0.2, 0) is 7.05 Å². The van der Waals surface area contributed by atoms with E-state index in [1.54, 1.807) is 43.4 Å². The van der Waals surface area contributed by atoms with Gasteiger partial charge in [-0.25, -0.2) is 0 Å². The number of carbonyl (C=O) groups is 1. The van der Waals surface area contributed by atoms with Crippen LogP contribution in [0.25, 0.3) is 0 Å². The molecule has 88 valence electrons. The number of aryl methyl sites for hydroxylation is 1. The Labute approximate surface area is 98.7 Å². The molecule has 0 aliphatic rings. The molecular formula is C11H13N5O. The molecule has 0 spiro atoms. The molecule has 17 heavy (non-hydrogen) atoms. The highest BCUT2D eigenvalue weighted by Gasteiger charge is 2.11. The van der Waals surface area contributed by atoms with Crippen molar-refractivity contribution >= 4 is 17.3 Å². The molecule has 2 heterocycles. The summed E-state index contributed by atoms with van der Waals surface area (Å²) in [5.74, 6) is -0.213. The summed E-state index contributed by atoms with van der Waals surface area (Å²) in [6.45, 7) is 0. The van der Waals surface area contributed by atoms with Gasteiger partial charge < -0.3 is 10.6 Å². The molecule has 0 fully saturated rings. The van der Waals surface area contributed by atoms with Crippen LogP contribution in [0.2, 0.25) is 0 Å². The molecule has 0 radical (unpaired) electrons. The number of hydrogen-bond donors (Lipinski definition) is 2. The van der Waals surface area contributed by atoms with Gasteiger partial charge in [-0.2, -0.15) is 5.10 Å². The maximum absolute atomic E-state index is 12.0. The summed E-state index contributed by atoms with van der Waals surface area (Å²) in [5, 5.41) is 9.67. The minimum atomic E-state index is -0.213. The molecule has 0 bridgehead atoms. The summed E-state index contributed by atoms with van der Waals surface area (Å²) in [6, 6.07) is 1.75. The number of hydrogen-bond acceptors (Lipinski definition) is 4. The second-order valence-electron chi connectivity index (χ2n) is 3.53. The molecule has 0 aliphatic heterocycles. The van der Waals surface area contributed by atoms with Crippen molar-refractivity contribution in [2.24, 2.45) is 7.05 Å². The lowest BCUT2D eigenvalue weighted by Crippen LogP contribution is -2.13. The molecule has 0 saturated carbocycles. The molecule has 0 aliphatic carbocycles. The molecule has 0 atom stereocenters. The third kappa shape index (κ3) is 2.41. The van der Waals surface area contributed by atoms with Gasteiger partial charge in [0, 0.05) is 38.4 Å². The van der Waals surface area contributed by atoms with Crippen LogP contribution in [0.15, 0.2) is 30.9 Å². The summed E-state index contributed by atoms with van der Waals surface area (Å²) in [6.07, 6.45) is 6.48. The average molecular weight is 231 g/mol. The molecular weight excluding hydrogens is 218 g/mol. The SMILES string of the molecule is CNc1ccncc1C(=O)Nc1cnn(C)c1. The van der Waals surface area contributed by atoms with Gasteiger partial charge in [-0.3, -0.25) is 14.5 Å². The normalized spacial score (nSPS) is 10.0. The van der Waals surface area contributed by atoms with E-state index in [9.17, 15) is 4.79 Å². The standard InChI is InChI=1S/C11H13N5O/c1-12-10-3-4-13-6-9(10)11(17)15-8-5-14-16(2)7-8/h3-7H,1-2H3,(H,12,13)(H,15,17). The summed E-state index contributed by atoms with van der Waals surface area (Å²) in [7, 11) is 3.55. The van der Waals surface area contributed by atoms with Gasteiger partial charge in [-0.15, -0.1) is 0 Å². The number of pyridine rings is 1. The Kier molecular flexibility index (Phi) is 3.04. The maximum Gasteiger partial charge on any atom is 0.259 e. The number of anilines is 2. The van der Waals surface area contributed by atoms with Crippen molar-refractivity contribution in [3.05, 3.63) is 36.4 Å². The lowest BCUT2D eigenvalue weighted by atomic mass is 10.2. The lowest BCUT2D eigenvalue weighted by Gasteiger charge is -2.07. The molecule has 0 unspecified atom stereocenters. The molecule has 0 aromatic carbocycles. The van der Waals surface area contributed by atoms with Crippen LogP contribution in [0.1, 0.15) is 10.4 Å². The van der Waals surface area contributed by atoms with Crippen molar-refractivity contribution in [3.63, 3.8) is 0 Å². The second-order valence-corrected chi connectivity index (χ2v) is 3.53. The average Bonchev–Trinajstić information content (AvgIpc) is 2.74.